The van der Waals surface area contributed by atoms with E-state index in [1.54, 1.807) is 11.8 Å². The number of rotatable bonds is 6. The minimum atomic E-state index is -0.240. The third-order valence-electron chi connectivity index (χ3n) is 4.20. The number of aromatic nitrogens is 2. The second kappa shape index (κ2) is 9.12. The molecule has 3 N–H and O–H groups in total. The van der Waals surface area contributed by atoms with Crippen molar-refractivity contribution in [3.05, 3.63) is 11.8 Å². The van der Waals surface area contributed by atoms with Crippen LogP contribution >= 0.6 is 12.4 Å². The lowest BCUT2D eigenvalue weighted by Gasteiger charge is -2.19. The van der Waals surface area contributed by atoms with Gasteiger partial charge in [-0.3, -0.25) is 9.48 Å². The summed E-state index contributed by atoms with van der Waals surface area (Å²) in [7, 11) is 3.43. The van der Waals surface area contributed by atoms with Crippen molar-refractivity contribution in [3.8, 4) is 0 Å². The van der Waals surface area contributed by atoms with Gasteiger partial charge in [0.25, 0.3) is 0 Å². The number of hydrogen-bond donors (Lipinski definition) is 2. The molecule has 1 atom stereocenters. The number of amides is 1. The number of nitrogens with one attached hydrogen (secondary N) is 1. The van der Waals surface area contributed by atoms with Crippen LogP contribution < -0.4 is 11.1 Å². The minimum absolute atomic E-state index is 0. The van der Waals surface area contributed by atoms with Crippen molar-refractivity contribution in [2.45, 2.75) is 50.5 Å². The monoisotopic (exact) mass is 330 g/mol. The van der Waals surface area contributed by atoms with E-state index in [-0.39, 0.29) is 30.8 Å². The number of nitrogens with zero attached hydrogens (tertiary/aromatic N) is 2. The minimum Gasteiger partial charge on any atom is -0.380 e. The Labute approximate surface area is 138 Å². The third-order valence-corrected chi connectivity index (χ3v) is 4.20. The smallest absolute Gasteiger partial charge is 0.228 e. The van der Waals surface area contributed by atoms with Crippen LogP contribution in [0.5, 0.6) is 0 Å². The number of methoxy groups -OCH3 is 1. The number of carbonyl (C=O) groups is 1. The summed E-state index contributed by atoms with van der Waals surface area (Å²) in [6, 6.07) is 2.00. The van der Waals surface area contributed by atoms with Crippen LogP contribution in [0.3, 0.4) is 0 Å². The molecule has 1 unspecified atom stereocenters. The van der Waals surface area contributed by atoms with Gasteiger partial charge in [-0.1, -0.05) is 19.3 Å². The molecule has 0 spiro atoms. The van der Waals surface area contributed by atoms with E-state index < -0.39 is 0 Å². The fourth-order valence-corrected chi connectivity index (χ4v) is 2.87. The van der Waals surface area contributed by atoms with Gasteiger partial charge in [0.05, 0.1) is 18.2 Å². The van der Waals surface area contributed by atoms with Crippen LogP contribution in [0.2, 0.25) is 0 Å². The van der Waals surface area contributed by atoms with E-state index >= 15 is 0 Å². The summed E-state index contributed by atoms with van der Waals surface area (Å²) < 4.78 is 6.87. The molecular weight excluding hydrogens is 304 g/mol. The summed E-state index contributed by atoms with van der Waals surface area (Å²) in [5, 5.41) is 7.45. The van der Waals surface area contributed by atoms with Crippen molar-refractivity contribution >= 4 is 24.1 Å². The van der Waals surface area contributed by atoms with Crippen molar-refractivity contribution < 1.29 is 9.53 Å². The predicted molar refractivity (Wildman–Crippen MR) is 89.4 cm³/mol. The highest BCUT2D eigenvalue weighted by atomic mass is 35.5. The van der Waals surface area contributed by atoms with Gasteiger partial charge in [0.1, 0.15) is 5.82 Å². The van der Waals surface area contributed by atoms with Crippen LogP contribution in [-0.2, 0) is 16.6 Å². The number of nitrogens with two attached hydrogens (primary N) is 1. The number of anilines is 1. The second-order valence-electron chi connectivity index (χ2n) is 5.76. The largest absolute Gasteiger partial charge is 0.380 e. The lowest BCUT2D eigenvalue weighted by atomic mass is 9.87. The zero-order chi connectivity index (χ0) is 15.2. The predicted octanol–water partition coefficient (Wildman–Crippen LogP) is 2.19. The first-order chi connectivity index (χ1) is 10.1. The number of carbonyl (C=O) groups excluding carboxylic acids is 1. The van der Waals surface area contributed by atoms with Crippen LogP contribution in [0.1, 0.15) is 50.1 Å². The Morgan fingerprint density at radius 1 is 1.50 bits per heavy atom. The molecule has 1 aliphatic rings. The Bertz CT molecular complexity index is 468. The molecule has 1 aromatic heterocycles. The molecule has 0 radical (unpaired) electrons. The summed E-state index contributed by atoms with van der Waals surface area (Å²) in [5.74, 6) is 1.18. The van der Waals surface area contributed by atoms with Crippen molar-refractivity contribution in [1.29, 1.82) is 0 Å². The first kappa shape index (κ1) is 18.9. The maximum absolute atomic E-state index is 12.0. The molecule has 2 rings (SSSR count). The Hall–Kier alpha value is -1.11. The van der Waals surface area contributed by atoms with E-state index in [0.29, 0.717) is 12.5 Å². The first-order valence-corrected chi connectivity index (χ1v) is 7.70. The molecule has 1 fully saturated rings. The third kappa shape index (κ3) is 4.97. The van der Waals surface area contributed by atoms with E-state index in [2.05, 4.69) is 10.4 Å². The van der Waals surface area contributed by atoms with Crippen molar-refractivity contribution in [2.24, 2.45) is 12.8 Å². The van der Waals surface area contributed by atoms with Gasteiger partial charge in [-0.2, -0.15) is 5.10 Å². The highest BCUT2D eigenvalue weighted by molar-refractivity contribution is 5.90. The highest BCUT2D eigenvalue weighted by Gasteiger charge is 2.20. The van der Waals surface area contributed by atoms with E-state index in [1.165, 1.54) is 32.1 Å². The molecule has 7 heteroatoms. The lowest BCUT2D eigenvalue weighted by molar-refractivity contribution is -0.118. The Balaban J connectivity index is 0.00000242. The summed E-state index contributed by atoms with van der Waals surface area (Å²) in [4.78, 5) is 12.0. The number of aryl methyl sites for hydroxylation is 1. The molecule has 0 saturated heterocycles. The Kier molecular flexibility index (Phi) is 7.85. The zero-order valence-electron chi connectivity index (χ0n) is 13.4. The maximum Gasteiger partial charge on any atom is 0.228 e. The molecule has 1 saturated carbocycles. The molecule has 1 aromatic rings. The van der Waals surface area contributed by atoms with Gasteiger partial charge in [-0.25, -0.2) is 0 Å². The summed E-state index contributed by atoms with van der Waals surface area (Å²) in [5.41, 5.74) is 6.63. The molecular formula is C15H27ClN4O2. The van der Waals surface area contributed by atoms with Crippen LogP contribution in [0.4, 0.5) is 5.82 Å². The van der Waals surface area contributed by atoms with Crippen LogP contribution in [0.15, 0.2) is 6.07 Å². The molecule has 6 nitrogen and oxygen atoms in total. The van der Waals surface area contributed by atoms with Crippen LogP contribution in [0.25, 0.3) is 0 Å². The molecule has 1 heterocycles. The SMILES string of the molecule is COC(CN)CC(=O)Nc1cc(C2CCCCC2)nn1C.Cl. The van der Waals surface area contributed by atoms with E-state index in [4.69, 9.17) is 10.5 Å². The fourth-order valence-electron chi connectivity index (χ4n) is 2.87. The van der Waals surface area contributed by atoms with Gasteiger partial charge >= 0.3 is 0 Å². The molecule has 22 heavy (non-hydrogen) atoms. The summed E-state index contributed by atoms with van der Waals surface area (Å²) in [6.45, 7) is 0.336. The normalized spacial score (nSPS) is 16.9. The Morgan fingerprint density at radius 2 is 2.18 bits per heavy atom. The quantitative estimate of drug-likeness (QED) is 0.837. The number of ether oxygens (including phenoxy) is 1. The van der Waals surface area contributed by atoms with Crippen molar-refractivity contribution in [2.75, 3.05) is 19.0 Å². The Morgan fingerprint density at radius 3 is 2.77 bits per heavy atom. The standard InChI is InChI=1S/C15H26N4O2.ClH/c1-19-14(17-15(20)8-12(10-16)21-2)9-13(18-19)11-6-4-3-5-7-11;/h9,11-12H,3-8,10,16H2,1-2H3,(H,17,20);1H. The fraction of sp³-hybridized carbons (Fsp3) is 0.733. The molecule has 1 amide bonds. The molecule has 0 aromatic carbocycles. The molecule has 1 aliphatic carbocycles. The van der Waals surface area contributed by atoms with Gasteiger partial charge in [0.15, 0.2) is 0 Å². The first-order valence-electron chi connectivity index (χ1n) is 7.70. The van der Waals surface area contributed by atoms with Gasteiger partial charge < -0.3 is 15.8 Å². The van der Waals surface area contributed by atoms with Crippen LogP contribution in [-0.4, -0.2) is 35.4 Å². The van der Waals surface area contributed by atoms with Gasteiger partial charge in [-0.15, -0.1) is 12.4 Å². The highest BCUT2D eigenvalue weighted by Crippen LogP contribution is 2.32. The van der Waals surface area contributed by atoms with Gasteiger partial charge in [-0.05, 0) is 12.8 Å². The topological polar surface area (TPSA) is 82.2 Å². The van der Waals surface area contributed by atoms with Crippen molar-refractivity contribution in [3.63, 3.8) is 0 Å². The molecule has 0 bridgehead atoms. The lowest BCUT2D eigenvalue weighted by Crippen LogP contribution is -2.28. The van der Waals surface area contributed by atoms with E-state index in [0.717, 1.165) is 11.5 Å². The zero-order valence-corrected chi connectivity index (χ0v) is 14.2. The molecule has 0 aliphatic heterocycles. The summed E-state index contributed by atoms with van der Waals surface area (Å²) >= 11 is 0. The van der Waals surface area contributed by atoms with Crippen molar-refractivity contribution in [1.82, 2.24) is 9.78 Å². The summed E-state index contributed by atoms with van der Waals surface area (Å²) in [6.07, 6.45) is 6.29. The van der Waals surface area contributed by atoms with Gasteiger partial charge in [0.2, 0.25) is 5.91 Å². The number of hydrogen-bond acceptors (Lipinski definition) is 4. The maximum atomic E-state index is 12.0. The van der Waals surface area contributed by atoms with Crippen LogP contribution in [0, 0.1) is 0 Å². The molecule has 126 valence electrons. The van der Waals surface area contributed by atoms with E-state index in [9.17, 15) is 4.79 Å². The average Bonchev–Trinajstić information content (AvgIpc) is 2.87. The average molecular weight is 331 g/mol. The van der Waals surface area contributed by atoms with Gasteiger partial charge in [0, 0.05) is 32.7 Å². The van der Waals surface area contributed by atoms with E-state index in [1.807, 2.05) is 13.1 Å². The number of halogens is 1. The second-order valence-corrected chi connectivity index (χ2v) is 5.76.